The maximum absolute atomic E-state index is 12.8. The molecule has 2 aliphatic rings. The van der Waals surface area contributed by atoms with Gasteiger partial charge in [0.15, 0.2) is 0 Å². The molecule has 2 fully saturated rings. The van der Waals surface area contributed by atoms with Crippen molar-refractivity contribution in [2.45, 2.75) is 60.0 Å². The number of likely N-dealkylation sites (tertiary alicyclic amines) is 2. The van der Waals surface area contributed by atoms with Crippen LogP contribution in [-0.2, 0) is 22.7 Å². The van der Waals surface area contributed by atoms with Crippen molar-refractivity contribution in [1.82, 2.24) is 15.1 Å². The van der Waals surface area contributed by atoms with E-state index in [2.05, 4.69) is 48.3 Å². The Kier molecular flexibility index (Phi) is 7.93. The van der Waals surface area contributed by atoms with E-state index in [0.717, 1.165) is 50.9 Å². The van der Waals surface area contributed by atoms with Crippen LogP contribution in [0.15, 0.2) is 24.3 Å². The van der Waals surface area contributed by atoms with E-state index in [9.17, 15) is 9.59 Å². The van der Waals surface area contributed by atoms with Gasteiger partial charge in [-0.25, -0.2) is 0 Å². The van der Waals surface area contributed by atoms with Crippen LogP contribution in [0.2, 0.25) is 0 Å². The van der Waals surface area contributed by atoms with Crippen molar-refractivity contribution in [3.63, 3.8) is 0 Å². The lowest BCUT2D eigenvalue weighted by atomic mass is 9.91. The Morgan fingerprint density at radius 3 is 2.40 bits per heavy atom. The summed E-state index contributed by atoms with van der Waals surface area (Å²) in [5.74, 6) is 1.59. The zero-order chi connectivity index (χ0) is 21.7. The quantitative estimate of drug-likeness (QED) is 0.774. The second kappa shape index (κ2) is 10.4. The zero-order valence-electron chi connectivity index (χ0n) is 19.2. The summed E-state index contributed by atoms with van der Waals surface area (Å²) in [5, 5.41) is 3.16. The molecule has 0 radical (unpaired) electrons. The van der Waals surface area contributed by atoms with E-state index in [4.69, 9.17) is 0 Å². The summed E-state index contributed by atoms with van der Waals surface area (Å²) in [6.45, 7) is 13.6. The highest BCUT2D eigenvalue weighted by molar-refractivity contribution is 5.82. The van der Waals surface area contributed by atoms with Gasteiger partial charge in [-0.05, 0) is 42.2 Å². The van der Waals surface area contributed by atoms with Crippen LogP contribution in [0.1, 0.15) is 58.1 Å². The second-order valence-electron chi connectivity index (χ2n) is 9.90. The predicted molar refractivity (Wildman–Crippen MR) is 121 cm³/mol. The molecule has 0 unspecified atom stereocenters. The minimum absolute atomic E-state index is 0.0149. The summed E-state index contributed by atoms with van der Waals surface area (Å²) in [7, 11) is 0. The van der Waals surface area contributed by atoms with Gasteiger partial charge in [-0.15, -0.1) is 0 Å². The molecular formula is C25H39N3O2. The van der Waals surface area contributed by atoms with Crippen molar-refractivity contribution in [3.05, 3.63) is 35.4 Å². The fraction of sp³-hybridized carbons (Fsp3) is 0.680. The molecule has 3 atom stereocenters. The molecule has 166 valence electrons. The highest BCUT2D eigenvalue weighted by Gasteiger charge is 2.29. The summed E-state index contributed by atoms with van der Waals surface area (Å²) in [4.78, 5) is 29.6. The minimum atomic E-state index is -0.0996. The van der Waals surface area contributed by atoms with E-state index in [-0.39, 0.29) is 23.7 Å². The Morgan fingerprint density at radius 1 is 1.07 bits per heavy atom. The molecule has 0 saturated carbocycles. The Labute approximate surface area is 182 Å². The number of hydrogen-bond acceptors (Lipinski definition) is 3. The fourth-order valence-corrected chi connectivity index (χ4v) is 5.13. The van der Waals surface area contributed by atoms with Gasteiger partial charge < -0.3 is 10.2 Å². The molecule has 5 nitrogen and oxygen atoms in total. The van der Waals surface area contributed by atoms with Crippen molar-refractivity contribution in [2.75, 3.05) is 26.2 Å². The number of nitrogens with one attached hydrogen (secondary N) is 1. The lowest BCUT2D eigenvalue weighted by Crippen LogP contribution is -2.46. The number of rotatable bonds is 6. The number of hydrogen-bond donors (Lipinski definition) is 1. The van der Waals surface area contributed by atoms with Gasteiger partial charge in [0, 0.05) is 45.2 Å². The first-order valence-electron chi connectivity index (χ1n) is 11.7. The maximum atomic E-state index is 12.8. The van der Waals surface area contributed by atoms with Crippen LogP contribution < -0.4 is 5.32 Å². The van der Waals surface area contributed by atoms with Crippen LogP contribution in [0.3, 0.4) is 0 Å². The molecule has 2 heterocycles. The number of carbonyl (C=O) groups is 2. The third kappa shape index (κ3) is 6.07. The molecule has 1 N–H and O–H groups in total. The van der Waals surface area contributed by atoms with E-state index >= 15 is 0 Å². The van der Waals surface area contributed by atoms with E-state index in [1.165, 1.54) is 17.5 Å². The minimum Gasteiger partial charge on any atom is -0.352 e. The monoisotopic (exact) mass is 413 g/mol. The Bertz CT molecular complexity index is 723. The molecule has 1 aromatic rings. The SMILES string of the molecule is CC(C)C(=O)N1CCC[C@H](C(=O)NCc2ccccc2CN2C[C@H](C)C[C@H](C)C2)C1. The molecule has 0 aliphatic carbocycles. The molecule has 0 spiro atoms. The highest BCUT2D eigenvalue weighted by atomic mass is 16.2. The summed E-state index contributed by atoms with van der Waals surface area (Å²) in [6, 6.07) is 8.46. The van der Waals surface area contributed by atoms with Crippen LogP contribution in [-0.4, -0.2) is 47.8 Å². The summed E-state index contributed by atoms with van der Waals surface area (Å²) in [5.41, 5.74) is 2.50. The Morgan fingerprint density at radius 2 is 1.73 bits per heavy atom. The molecule has 5 heteroatoms. The van der Waals surface area contributed by atoms with Gasteiger partial charge in [0.1, 0.15) is 0 Å². The van der Waals surface area contributed by atoms with Crippen molar-refractivity contribution >= 4 is 11.8 Å². The number of carbonyl (C=O) groups excluding carboxylic acids is 2. The van der Waals surface area contributed by atoms with Gasteiger partial charge in [-0.1, -0.05) is 52.0 Å². The van der Waals surface area contributed by atoms with E-state index < -0.39 is 0 Å². The van der Waals surface area contributed by atoms with Gasteiger partial charge in [0.2, 0.25) is 11.8 Å². The lowest BCUT2D eigenvalue weighted by Gasteiger charge is -2.35. The summed E-state index contributed by atoms with van der Waals surface area (Å²) in [6.07, 6.45) is 3.07. The Hall–Kier alpha value is -1.88. The maximum Gasteiger partial charge on any atom is 0.225 e. The van der Waals surface area contributed by atoms with Crippen molar-refractivity contribution in [1.29, 1.82) is 0 Å². The standard InChI is InChI=1S/C25H39N3O2/c1-18(2)25(30)28-11-7-10-23(17-28)24(29)26-13-21-8-5-6-9-22(21)16-27-14-19(3)12-20(4)15-27/h5-6,8-9,18-20,23H,7,10-17H2,1-4H3,(H,26,29)/t19-,20+,23-/m0/s1. The van der Waals surface area contributed by atoms with Gasteiger partial charge in [0.05, 0.1) is 5.92 Å². The average Bonchev–Trinajstić information content (AvgIpc) is 2.71. The molecule has 3 rings (SSSR count). The summed E-state index contributed by atoms with van der Waals surface area (Å²) >= 11 is 0. The van der Waals surface area contributed by atoms with E-state index in [0.29, 0.717) is 13.1 Å². The topological polar surface area (TPSA) is 52.7 Å². The third-order valence-corrected chi connectivity index (χ3v) is 6.51. The predicted octanol–water partition coefficient (Wildman–Crippen LogP) is 3.68. The third-order valence-electron chi connectivity index (χ3n) is 6.51. The van der Waals surface area contributed by atoms with Crippen LogP contribution in [0.5, 0.6) is 0 Å². The highest BCUT2D eigenvalue weighted by Crippen LogP contribution is 2.24. The molecule has 0 bridgehead atoms. The van der Waals surface area contributed by atoms with Crippen LogP contribution in [0, 0.1) is 23.7 Å². The van der Waals surface area contributed by atoms with E-state index in [1.54, 1.807) is 0 Å². The number of nitrogens with zero attached hydrogens (tertiary/aromatic N) is 2. The van der Waals surface area contributed by atoms with Crippen molar-refractivity contribution < 1.29 is 9.59 Å². The van der Waals surface area contributed by atoms with Gasteiger partial charge in [0.25, 0.3) is 0 Å². The second-order valence-corrected chi connectivity index (χ2v) is 9.90. The smallest absolute Gasteiger partial charge is 0.225 e. The van der Waals surface area contributed by atoms with Crippen LogP contribution in [0.25, 0.3) is 0 Å². The summed E-state index contributed by atoms with van der Waals surface area (Å²) < 4.78 is 0. The molecule has 0 aromatic heterocycles. The number of amides is 2. The molecule has 1 aromatic carbocycles. The largest absolute Gasteiger partial charge is 0.352 e. The average molecular weight is 414 g/mol. The first kappa shape index (κ1) is 22.8. The molecule has 2 amide bonds. The first-order chi connectivity index (χ1) is 14.3. The van der Waals surface area contributed by atoms with Gasteiger partial charge in [-0.2, -0.15) is 0 Å². The van der Waals surface area contributed by atoms with Crippen LogP contribution >= 0.6 is 0 Å². The molecule has 2 aliphatic heterocycles. The van der Waals surface area contributed by atoms with Gasteiger partial charge in [-0.3, -0.25) is 14.5 Å². The normalized spacial score (nSPS) is 25.4. The van der Waals surface area contributed by atoms with Crippen molar-refractivity contribution in [2.24, 2.45) is 23.7 Å². The van der Waals surface area contributed by atoms with Gasteiger partial charge >= 0.3 is 0 Å². The van der Waals surface area contributed by atoms with Crippen LogP contribution in [0.4, 0.5) is 0 Å². The fourth-order valence-electron chi connectivity index (χ4n) is 5.13. The van der Waals surface area contributed by atoms with Crippen molar-refractivity contribution in [3.8, 4) is 0 Å². The molecular weight excluding hydrogens is 374 g/mol. The Balaban J connectivity index is 1.57. The van der Waals surface area contributed by atoms with E-state index in [1.807, 2.05) is 18.7 Å². The molecule has 2 saturated heterocycles. The first-order valence-corrected chi connectivity index (χ1v) is 11.7. The molecule has 30 heavy (non-hydrogen) atoms. The number of piperidine rings is 2. The lowest BCUT2D eigenvalue weighted by molar-refractivity contribution is -0.138. The number of benzene rings is 1. The zero-order valence-corrected chi connectivity index (χ0v) is 19.2.